The van der Waals surface area contributed by atoms with Crippen LogP contribution in [0.4, 0.5) is 41.1 Å². The highest BCUT2D eigenvalue weighted by atomic mass is 19.4. The first-order valence-electron chi connectivity index (χ1n) is 5.04. The molecule has 12 heteroatoms. The van der Waals surface area contributed by atoms with Crippen LogP contribution in [-0.4, -0.2) is 34.3 Å². The van der Waals surface area contributed by atoms with Crippen LogP contribution in [0.15, 0.2) is 12.3 Å². The lowest BCUT2D eigenvalue weighted by Gasteiger charge is -2.42. The molecule has 120 valence electrons. The van der Waals surface area contributed by atoms with E-state index in [0.29, 0.717) is 0 Å². The zero-order valence-corrected chi connectivity index (χ0v) is 10.0. The van der Waals surface area contributed by atoms with Crippen LogP contribution in [0.5, 0.6) is 0 Å². The van der Waals surface area contributed by atoms with Crippen LogP contribution < -0.4 is 5.06 Å². The van der Waals surface area contributed by atoms with Gasteiger partial charge in [-0.1, -0.05) is 0 Å². The highest BCUT2D eigenvalue weighted by Gasteiger charge is 2.76. The van der Waals surface area contributed by atoms with Gasteiger partial charge in [-0.3, -0.25) is 0 Å². The van der Waals surface area contributed by atoms with Gasteiger partial charge in [0.1, 0.15) is 0 Å². The van der Waals surface area contributed by atoms with Crippen molar-refractivity contribution in [1.29, 1.82) is 0 Å². The van der Waals surface area contributed by atoms with E-state index < -0.39 is 35.3 Å². The largest absolute Gasteiger partial charge is 0.752 e. The summed E-state index contributed by atoms with van der Waals surface area (Å²) in [7, 11) is 0. The fraction of sp³-hybridized carbons (Fsp3) is 0.556. The predicted molar refractivity (Wildman–Crippen MR) is 53.5 cm³/mol. The molecular weight excluding hydrogens is 318 g/mol. The summed E-state index contributed by atoms with van der Waals surface area (Å²) in [6.07, 6.45) is -4.38. The first-order valence-corrected chi connectivity index (χ1v) is 5.04. The average molecular weight is 324 g/mol. The molecule has 0 bridgehead atoms. The fourth-order valence-electron chi connectivity index (χ4n) is 1.12. The average Bonchev–Trinajstić information content (AvgIpc) is 2.37. The SMILES string of the molecule is Cc1ccnc(N([O-])C(F)(F)C(F)(F)C(F)(F)C(F)F)n1. The maximum Gasteiger partial charge on any atom is 0.397 e. The van der Waals surface area contributed by atoms with E-state index in [2.05, 4.69) is 9.97 Å². The normalized spacial score (nSPS) is 13.7. The van der Waals surface area contributed by atoms with Gasteiger partial charge >= 0.3 is 24.3 Å². The molecule has 0 unspecified atom stereocenters. The fourth-order valence-corrected chi connectivity index (χ4v) is 1.12. The van der Waals surface area contributed by atoms with Crippen molar-refractivity contribution in [3.8, 4) is 0 Å². The van der Waals surface area contributed by atoms with Gasteiger partial charge in [-0.15, -0.1) is 0 Å². The molecule has 0 saturated heterocycles. The molecule has 0 aromatic carbocycles. The van der Waals surface area contributed by atoms with E-state index in [-0.39, 0.29) is 5.69 Å². The maximum absolute atomic E-state index is 13.2. The third-order valence-electron chi connectivity index (χ3n) is 2.29. The number of hydroxylamine groups is 1. The van der Waals surface area contributed by atoms with Crippen molar-refractivity contribution in [2.24, 2.45) is 0 Å². The van der Waals surface area contributed by atoms with Crippen molar-refractivity contribution < 1.29 is 35.1 Å². The van der Waals surface area contributed by atoms with Crippen molar-refractivity contribution in [3.05, 3.63) is 23.2 Å². The number of aromatic nitrogens is 2. The standard InChI is InChI=1S/C9H6F8N3O/c1-4-2-3-18-6(19-4)20(21)9(16,17)8(14,15)7(12,13)5(10)11/h2-3,5H,1H3/q-1. The van der Waals surface area contributed by atoms with Crippen molar-refractivity contribution in [3.63, 3.8) is 0 Å². The molecule has 21 heavy (non-hydrogen) atoms. The Hall–Kier alpha value is -1.72. The number of anilines is 1. The van der Waals surface area contributed by atoms with Gasteiger partial charge in [-0.25, -0.2) is 18.7 Å². The Morgan fingerprint density at radius 3 is 2.10 bits per heavy atom. The molecule has 0 aliphatic rings. The summed E-state index contributed by atoms with van der Waals surface area (Å²) in [4.78, 5) is 5.94. The summed E-state index contributed by atoms with van der Waals surface area (Å²) in [5, 5.41) is 9.20. The van der Waals surface area contributed by atoms with Crippen LogP contribution in [0.1, 0.15) is 5.69 Å². The van der Waals surface area contributed by atoms with Crippen LogP contribution in [0.3, 0.4) is 0 Å². The van der Waals surface area contributed by atoms with Crippen LogP contribution in [0.25, 0.3) is 0 Å². The van der Waals surface area contributed by atoms with Crippen LogP contribution in [0.2, 0.25) is 0 Å². The van der Waals surface area contributed by atoms with Gasteiger partial charge in [-0.2, -0.15) is 26.3 Å². The van der Waals surface area contributed by atoms with Crippen molar-refractivity contribution in [1.82, 2.24) is 9.97 Å². The van der Waals surface area contributed by atoms with E-state index in [9.17, 15) is 40.3 Å². The Morgan fingerprint density at radius 2 is 1.67 bits per heavy atom. The molecule has 1 aromatic rings. The summed E-state index contributed by atoms with van der Waals surface area (Å²) >= 11 is 0. The highest BCUT2D eigenvalue weighted by Crippen LogP contribution is 2.50. The maximum atomic E-state index is 13.2. The van der Waals surface area contributed by atoms with Gasteiger partial charge < -0.3 is 10.3 Å². The molecule has 0 radical (unpaired) electrons. The first kappa shape index (κ1) is 17.3. The number of aryl methyl sites for hydroxylation is 1. The number of alkyl halides is 8. The highest BCUT2D eigenvalue weighted by molar-refractivity contribution is 5.35. The lowest BCUT2D eigenvalue weighted by atomic mass is 10.1. The third-order valence-corrected chi connectivity index (χ3v) is 2.29. The molecule has 1 aromatic heterocycles. The summed E-state index contributed by atoms with van der Waals surface area (Å²) in [5.74, 6) is -14.6. The molecule has 1 rings (SSSR count). The number of rotatable bonds is 5. The van der Waals surface area contributed by atoms with Gasteiger partial charge in [0.2, 0.25) is 5.95 Å². The lowest BCUT2D eigenvalue weighted by molar-refractivity contribution is -0.336. The molecule has 0 amide bonds. The Bertz CT molecular complexity index is 510. The van der Waals surface area contributed by atoms with Crippen LogP contribution in [0, 0.1) is 12.1 Å². The van der Waals surface area contributed by atoms with Gasteiger partial charge in [0, 0.05) is 11.9 Å². The minimum atomic E-state index is -6.65. The van der Waals surface area contributed by atoms with Gasteiger partial charge in [0.25, 0.3) is 0 Å². The van der Waals surface area contributed by atoms with E-state index in [1.165, 1.54) is 6.92 Å². The van der Waals surface area contributed by atoms with Gasteiger partial charge in [0.05, 0.1) is 0 Å². The Balaban J connectivity index is 3.26. The molecular formula is C9H6F8N3O-. The second kappa shape index (κ2) is 5.24. The molecule has 4 nitrogen and oxygen atoms in total. The smallest absolute Gasteiger partial charge is 0.397 e. The third kappa shape index (κ3) is 2.71. The second-order valence-electron chi connectivity index (χ2n) is 3.83. The Labute approximate surface area is 112 Å². The minimum Gasteiger partial charge on any atom is -0.752 e. The quantitative estimate of drug-likeness (QED) is 0.474. The van der Waals surface area contributed by atoms with Gasteiger partial charge in [-0.05, 0) is 13.0 Å². The lowest BCUT2D eigenvalue weighted by Crippen LogP contribution is -2.63. The molecule has 0 fully saturated rings. The minimum absolute atomic E-state index is 0.111. The number of hydrogen-bond acceptors (Lipinski definition) is 4. The van der Waals surface area contributed by atoms with Crippen LogP contribution in [-0.2, 0) is 0 Å². The Kier molecular flexibility index (Phi) is 4.32. The zero-order chi connectivity index (χ0) is 16.6. The monoisotopic (exact) mass is 324 g/mol. The molecule has 0 atom stereocenters. The summed E-state index contributed by atoms with van der Waals surface area (Å²) in [6, 6.07) is -5.10. The van der Waals surface area contributed by atoms with Gasteiger partial charge in [0.15, 0.2) is 0 Å². The number of hydrogen-bond donors (Lipinski definition) is 0. The van der Waals surface area contributed by atoms with Crippen LogP contribution >= 0.6 is 0 Å². The molecule has 0 N–H and O–H groups in total. The second-order valence-corrected chi connectivity index (χ2v) is 3.83. The van der Waals surface area contributed by atoms with Crippen molar-refractivity contribution in [2.75, 3.05) is 5.06 Å². The van der Waals surface area contributed by atoms with E-state index in [1.807, 2.05) is 0 Å². The summed E-state index contributed by atoms with van der Waals surface area (Å²) < 4.78 is 101. The zero-order valence-electron chi connectivity index (χ0n) is 10.0. The van der Waals surface area contributed by atoms with Crippen molar-refractivity contribution >= 4 is 5.95 Å². The first-order chi connectivity index (χ1) is 9.35. The summed E-state index contributed by atoms with van der Waals surface area (Å²) in [6.45, 7) is 1.17. The van der Waals surface area contributed by atoms with E-state index in [0.717, 1.165) is 12.3 Å². The molecule has 0 spiro atoms. The van der Waals surface area contributed by atoms with E-state index in [1.54, 1.807) is 0 Å². The number of halogens is 8. The molecule has 0 aliphatic carbocycles. The Morgan fingerprint density at radius 1 is 1.14 bits per heavy atom. The molecule has 1 heterocycles. The molecule has 0 aliphatic heterocycles. The van der Waals surface area contributed by atoms with E-state index in [4.69, 9.17) is 0 Å². The number of nitrogens with zero attached hydrogens (tertiary/aromatic N) is 3. The van der Waals surface area contributed by atoms with E-state index >= 15 is 0 Å². The predicted octanol–water partition coefficient (Wildman–Crippen LogP) is 3.22. The molecule has 0 saturated carbocycles. The van der Waals surface area contributed by atoms with Crippen molar-refractivity contribution in [2.45, 2.75) is 31.2 Å². The topological polar surface area (TPSA) is 52.1 Å². The summed E-state index contributed by atoms with van der Waals surface area (Å²) in [5.41, 5.74) is -0.111.